The van der Waals surface area contributed by atoms with Crippen LogP contribution >= 0.6 is 23.6 Å². The standard InChI is InChI=1S/C22H20N4S2/c1-26(2)18-8-6-17(7-9-18)24-21(27)13-15-4-3-5-16(12-15)22-25-19-10-11-23-14-20(19)28-22/h3-12,14H,13H2,1-2H3,(H,24,27). The van der Waals surface area contributed by atoms with E-state index in [2.05, 4.69) is 51.6 Å². The third-order valence-corrected chi connectivity index (χ3v) is 5.70. The molecule has 4 rings (SSSR count). The Bertz CT molecular complexity index is 1080. The van der Waals surface area contributed by atoms with Gasteiger partial charge in [0.05, 0.1) is 15.2 Å². The van der Waals surface area contributed by atoms with Gasteiger partial charge in [-0.05, 0) is 42.0 Å². The highest BCUT2D eigenvalue weighted by Gasteiger charge is 2.08. The van der Waals surface area contributed by atoms with Gasteiger partial charge in [0.1, 0.15) is 5.01 Å². The minimum absolute atomic E-state index is 0.686. The molecule has 2 aromatic heterocycles. The van der Waals surface area contributed by atoms with E-state index in [1.165, 1.54) is 0 Å². The van der Waals surface area contributed by atoms with Crippen molar-refractivity contribution in [1.29, 1.82) is 0 Å². The van der Waals surface area contributed by atoms with E-state index >= 15 is 0 Å². The first-order valence-electron chi connectivity index (χ1n) is 8.95. The maximum atomic E-state index is 5.57. The van der Waals surface area contributed by atoms with Crippen LogP contribution in [-0.2, 0) is 6.42 Å². The molecule has 0 aliphatic rings. The SMILES string of the molecule is CN(C)c1ccc(NC(=S)Cc2cccc(-c3nc4ccncc4s3)c2)cc1. The second kappa shape index (κ2) is 8.04. The van der Waals surface area contributed by atoms with E-state index in [0.717, 1.165) is 42.7 Å². The van der Waals surface area contributed by atoms with E-state index < -0.39 is 0 Å². The second-order valence-corrected chi connectivity index (χ2v) is 8.25. The van der Waals surface area contributed by atoms with Crippen molar-refractivity contribution >= 4 is 50.1 Å². The van der Waals surface area contributed by atoms with Gasteiger partial charge in [0.15, 0.2) is 0 Å². The average Bonchev–Trinajstić information content (AvgIpc) is 3.13. The number of hydrogen-bond donors (Lipinski definition) is 1. The number of nitrogens with one attached hydrogen (secondary N) is 1. The van der Waals surface area contributed by atoms with Gasteiger partial charge in [-0.15, -0.1) is 11.3 Å². The maximum Gasteiger partial charge on any atom is 0.124 e. The molecular weight excluding hydrogens is 384 g/mol. The van der Waals surface area contributed by atoms with Crippen LogP contribution in [0.3, 0.4) is 0 Å². The zero-order valence-corrected chi connectivity index (χ0v) is 17.3. The van der Waals surface area contributed by atoms with Gasteiger partial charge in [-0.1, -0.05) is 30.4 Å². The van der Waals surface area contributed by atoms with Crippen LogP contribution in [0.5, 0.6) is 0 Å². The van der Waals surface area contributed by atoms with Crippen molar-refractivity contribution in [3.8, 4) is 10.6 Å². The third-order valence-electron chi connectivity index (χ3n) is 4.40. The minimum Gasteiger partial charge on any atom is -0.378 e. The van der Waals surface area contributed by atoms with Crippen LogP contribution < -0.4 is 10.2 Å². The molecular formula is C22H20N4S2. The predicted molar refractivity (Wildman–Crippen MR) is 124 cm³/mol. The fourth-order valence-electron chi connectivity index (χ4n) is 2.95. The number of fused-ring (bicyclic) bond motifs is 1. The van der Waals surface area contributed by atoms with Crippen molar-refractivity contribution in [3.05, 3.63) is 72.6 Å². The van der Waals surface area contributed by atoms with Crippen molar-refractivity contribution in [2.45, 2.75) is 6.42 Å². The summed E-state index contributed by atoms with van der Waals surface area (Å²) in [6, 6.07) is 18.6. The molecule has 2 aromatic carbocycles. The van der Waals surface area contributed by atoms with Gasteiger partial charge in [-0.2, -0.15) is 0 Å². The number of benzene rings is 2. The van der Waals surface area contributed by atoms with E-state index in [4.69, 9.17) is 17.2 Å². The molecule has 0 aliphatic carbocycles. The Kier molecular flexibility index (Phi) is 5.32. The number of aromatic nitrogens is 2. The summed E-state index contributed by atoms with van der Waals surface area (Å²) < 4.78 is 1.10. The van der Waals surface area contributed by atoms with E-state index in [1.807, 2.05) is 38.5 Å². The highest BCUT2D eigenvalue weighted by atomic mass is 32.1. The number of anilines is 2. The zero-order chi connectivity index (χ0) is 19.5. The molecule has 4 nitrogen and oxygen atoms in total. The molecule has 28 heavy (non-hydrogen) atoms. The summed E-state index contributed by atoms with van der Waals surface area (Å²) in [5.41, 5.74) is 5.42. The molecule has 0 bridgehead atoms. The molecule has 0 aliphatic heterocycles. The van der Waals surface area contributed by atoms with Gasteiger partial charge in [0, 0.05) is 49.8 Å². The average molecular weight is 405 g/mol. The van der Waals surface area contributed by atoms with Gasteiger partial charge in [0.25, 0.3) is 0 Å². The van der Waals surface area contributed by atoms with Crippen LogP contribution in [0.1, 0.15) is 5.56 Å². The van der Waals surface area contributed by atoms with Crippen molar-refractivity contribution in [3.63, 3.8) is 0 Å². The van der Waals surface area contributed by atoms with Crippen LogP contribution in [0.15, 0.2) is 67.0 Å². The van der Waals surface area contributed by atoms with Crippen molar-refractivity contribution < 1.29 is 0 Å². The summed E-state index contributed by atoms with van der Waals surface area (Å²) in [5.74, 6) is 0. The van der Waals surface area contributed by atoms with Gasteiger partial charge in [-0.3, -0.25) is 4.98 Å². The third kappa shape index (κ3) is 4.18. The van der Waals surface area contributed by atoms with E-state index in [9.17, 15) is 0 Å². The Morgan fingerprint density at radius 2 is 1.93 bits per heavy atom. The fourth-order valence-corrected chi connectivity index (χ4v) is 4.16. The number of nitrogens with zero attached hydrogens (tertiary/aromatic N) is 3. The first-order chi connectivity index (χ1) is 13.6. The van der Waals surface area contributed by atoms with Gasteiger partial charge >= 0.3 is 0 Å². The fraction of sp³-hybridized carbons (Fsp3) is 0.136. The monoisotopic (exact) mass is 404 g/mol. The maximum absolute atomic E-state index is 5.57. The molecule has 4 aromatic rings. The summed E-state index contributed by atoms with van der Waals surface area (Å²) in [4.78, 5) is 11.8. The molecule has 0 fully saturated rings. The van der Waals surface area contributed by atoms with Crippen LogP contribution in [0, 0.1) is 0 Å². The molecule has 2 heterocycles. The number of hydrogen-bond acceptors (Lipinski definition) is 5. The second-order valence-electron chi connectivity index (χ2n) is 6.73. The lowest BCUT2D eigenvalue weighted by Crippen LogP contribution is -2.12. The summed E-state index contributed by atoms with van der Waals surface area (Å²) >= 11 is 7.23. The molecule has 0 spiro atoms. The lowest BCUT2D eigenvalue weighted by molar-refractivity contribution is 1.13. The molecule has 0 saturated carbocycles. The summed E-state index contributed by atoms with van der Waals surface area (Å²) in [6.45, 7) is 0. The Hall–Kier alpha value is -2.83. The Morgan fingerprint density at radius 3 is 2.68 bits per heavy atom. The Labute approximate surface area is 173 Å². The molecule has 0 amide bonds. The van der Waals surface area contributed by atoms with Crippen LogP contribution in [0.4, 0.5) is 11.4 Å². The Balaban J connectivity index is 1.47. The number of thiazole rings is 1. The van der Waals surface area contributed by atoms with Crippen molar-refractivity contribution in [1.82, 2.24) is 9.97 Å². The zero-order valence-electron chi connectivity index (χ0n) is 15.7. The van der Waals surface area contributed by atoms with Crippen LogP contribution in [-0.4, -0.2) is 29.1 Å². The van der Waals surface area contributed by atoms with Crippen LogP contribution in [0.2, 0.25) is 0 Å². The molecule has 140 valence electrons. The van der Waals surface area contributed by atoms with E-state index in [0.29, 0.717) is 6.42 Å². The summed E-state index contributed by atoms with van der Waals surface area (Å²) in [7, 11) is 4.06. The normalized spacial score (nSPS) is 10.8. The molecule has 0 unspecified atom stereocenters. The van der Waals surface area contributed by atoms with E-state index in [1.54, 1.807) is 17.5 Å². The van der Waals surface area contributed by atoms with Gasteiger partial charge < -0.3 is 10.2 Å². The summed E-state index contributed by atoms with van der Waals surface area (Å²) in [6.07, 6.45) is 4.32. The molecule has 6 heteroatoms. The highest BCUT2D eigenvalue weighted by molar-refractivity contribution is 7.80. The minimum atomic E-state index is 0.686. The largest absolute Gasteiger partial charge is 0.378 e. The predicted octanol–water partition coefficient (Wildman–Crippen LogP) is 5.41. The first-order valence-corrected chi connectivity index (χ1v) is 10.2. The molecule has 0 saturated heterocycles. The summed E-state index contributed by atoms with van der Waals surface area (Å²) in [5, 5.41) is 4.33. The van der Waals surface area contributed by atoms with Gasteiger partial charge in [-0.25, -0.2) is 4.98 Å². The van der Waals surface area contributed by atoms with Gasteiger partial charge in [0.2, 0.25) is 0 Å². The molecule has 0 atom stereocenters. The van der Waals surface area contributed by atoms with Crippen molar-refractivity contribution in [2.75, 3.05) is 24.3 Å². The van der Waals surface area contributed by atoms with Crippen LogP contribution in [0.25, 0.3) is 20.8 Å². The lowest BCUT2D eigenvalue weighted by atomic mass is 10.1. The smallest absolute Gasteiger partial charge is 0.124 e. The number of thiocarbonyl (C=S) groups is 1. The quantitative estimate of drug-likeness (QED) is 0.451. The highest BCUT2D eigenvalue weighted by Crippen LogP contribution is 2.30. The molecule has 1 N–H and O–H groups in total. The lowest BCUT2D eigenvalue weighted by Gasteiger charge is -2.14. The number of rotatable bonds is 5. The molecule has 0 radical (unpaired) electrons. The van der Waals surface area contributed by atoms with Crippen molar-refractivity contribution in [2.24, 2.45) is 0 Å². The Morgan fingerprint density at radius 1 is 1.11 bits per heavy atom. The van der Waals surface area contributed by atoms with E-state index in [-0.39, 0.29) is 0 Å². The topological polar surface area (TPSA) is 41.0 Å². The number of pyridine rings is 1. The first kappa shape index (κ1) is 18.5.